The number of halogens is 1. The molecule has 0 bridgehead atoms. The van der Waals surface area contributed by atoms with Crippen LogP contribution in [0.4, 0.5) is 0 Å². The van der Waals surface area contributed by atoms with E-state index in [2.05, 4.69) is 0 Å². The van der Waals surface area contributed by atoms with Gasteiger partial charge in [0.25, 0.3) is 0 Å². The summed E-state index contributed by atoms with van der Waals surface area (Å²) in [5.41, 5.74) is -2.89. The number of alkyl halides is 1. The number of esters is 3. The summed E-state index contributed by atoms with van der Waals surface area (Å²) in [5.74, 6) is -1.29. The summed E-state index contributed by atoms with van der Waals surface area (Å²) < 4.78 is 28.2. The van der Waals surface area contributed by atoms with Gasteiger partial charge in [-0.3, -0.25) is 14.4 Å². The van der Waals surface area contributed by atoms with E-state index in [4.69, 9.17) is 35.3 Å². The van der Waals surface area contributed by atoms with Crippen LogP contribution in [0.15, 0.2) is 0 Å². The zero-order chi connectivity index (χ0) is 30.8. The average molecular weight is 579 g/mol. The van der Waals surface area contributed by atoms with Gasteiger partial charge in [0.2, 0.25) is 6.29 Å². The van der Waals surface area contributed by atoms with E-state index in [0.29, 0.717) is 25.7 Å². The van der Waals surface area contributed by atoms with Gasteiger partial charge in [0.1, 0.15) is 0 Å². The van der Waals surface area contributed by atoms with Crippen molar-refractivity contribution in [1.82, 2.24) is 0 Å². The Morgan fingerprint density at radius 3 is 1.69 bits per heavy atom. The van der Waals surface area contributed by atoms with E-state index < -0.39 is 28.1 Å². The van der Waals surface area contributed by atoms with Crippen molar-refractivity contribution in [2.24, 2.45) is 28.1 Å². The number of rotatable bonds is 16. The fourth-order valence-corrected chi connectivity index (χ4v) is 3.33. The van der Waals surface area contributed by atoms with Gasteiger partial charge >= 0.3 is 17.9 Å². The summed E-state index contributed by atoms with van der Waals surface area (Å²) in [4.78, 5) is 37.9. The van der Waals surface area contributed by atoms with Crippen molar-refractivity contribution in [2.75, 3.05) is 6.79 Å². The monoisotopic (exact) mass is 578 g/mol. The molecule has 0 aromatic rings. The second-order valence-corrected chi connectivity index (χ2v) is 14.0. The Kier molecular flexibility index (Phi) is 15.6. The number of hydrogen-bond acceptors (Lipinski definition) is 8. The van der Waals surface area contributed by atoms with Crippen LogP contribution in [0.1, 0.15) is 116 Å². The van der Waals surface area contributed by atoms with Gasteiger partial charge < -0.3 is 23.7 Å². The third-order valence-corrected chi connectivity index (χ3v) is 6.95. The largest absolute Gasteiger partial charge is 0.445 e. The van der Waals surface area contributed by atoms with Crippen molar-refractivity contribution in [3.8, 4) is 0 Å². The molecule has 0 radical (unpaired) electrons. The zero-order valence-corrected chi connectivity index (χ0v) is 27.4. The predicted octanol–water partition coefficient (Wildman–Crippen LogP) is 7.25. The van der Waals surface area contributed by atoms with Crippen LogP contribution < -0.4 is 0 Å². The molecule has 8 nitrogen and oxygen atoms in total. The van der Waals surface area contributed by atoms with E-state index in [9.17, 15) is 14.4 Å². The average Bonchev–Trinajstić information content (AvgIpc) is 2.78. The SMILES string of the molecule is CC(C)OC(OC(=O)C(C)(C)C)C(C)CCC(C)(CCC(C)OCOC(=O)C(C)(C)C)C(=O)OC(Cl)C(C)C. The highest BCUT2D eigenvalue weighted by molar-refractivity contribution is 6.20. The van der Waals surface area contributed by atoms with E-state index in [1.165, 1.54) is 0 Å². The van der Waals surface area contributed by atoms with Crippen LogP contribution >= 0.6 is 11.6 Å². The quantitative estimate of drug-likeness (QED) is 0.0817. The predicted molar refractivity (Wildman–Crippen MR) is 153 cm³/mol. The lowest BCUT2D eigenvalue weighted by Gasteiger charge is -2.33. The molecule has 39 heavy (non-hydrogen) atoms. The molecule has 0 fully saturated rings. The van der Waals surface area contributed by atoms with Crippen LogP contribution in [0.25, 0.3) is 0 Å². The Hall–Kier alpha value is -1.38. The summed E-state index contributed by atoms with van der Waals surface area (Å²) in [6.07, 6.45) is 0.865. The zero-order valence-electron chi connectivity index (χ0n) is 26.6. The van der Waals surface area contributed by atoms with Crippen LogP contribution in [0.5, 0.6) is 0 Å². The molecule has 0 spiro atoms. The molecule has 0 aromatic heterocycles. The van der Waals surface area contributed by atoms with Crippen molar-refractivity contribution in [2.45, 2.75) is 140 Å². The topological polar surface area (TPSA) is 97.4 Å². The van der Waals surface area contributed by atoms with Crippen molar-refractivity contribution in [1.29, 1.82) is 0 Å². The molecular weight excluding hydrogens is 524 g/mol. The third kappa shape index (κ3) is 14.7. The molecule has 9 heteroatoms. The minimum atomic E-state index is -0.869. The van der Waals surface area contributed by atoms with Crippen molar-refractivity contribution in [3.05, 3.63) is 0 Å². The summed E-state index contributed by atoms with van der Waals surface area (Å²) in [5, 5.41) is 0. The summed E-state index contributed by atoms with van der Waals surface area (Å²) in [7, 11) is 0. The molecule has 0 rings (SSSR count). The molecule has 0 aliphatic heterocycles. The summed E-state index contributed by atoms with van der Waals surface area (Å²) >= 11 is 6.29. The Morgan fingerprint density at radius 1 is 0.718 bits per heavy atom. The first-order valence-electron chi connectivity index (χ1n) is 14.1. The molecule has 230 valence electrons. The Bertz CT molecular complexity index is 768. The minimum Gasteiger partial charge on any atom is -0.445 e. The van der Waals surface area contributed by atoms with Gasteiger partial charge in [0.15, 0.2) is 12.4 Å². The van der Waals surface area contributed by atoms with Crippen LogP contribution in [0.3, 0.4) is 0 Å². The number of carbonyl (C=O) groups is 3. The molecule has 0 heterocycles. The highest BCUT2D eigenvalue weighted by Crippen LogP contribution is 2.36. The van der Waals surface area contributed by atoms with Gasteiger partial charge in [0.05, 0.1) is 28.5 Å². The van der Waals surface area contributed by atoms with Crippen LogP contribution in [-0.2, 0) is 38.1 Å². The maximum atomic E-state index is 13.3. The van der Waals surface area contributed by atoms with E-state index >= 15 is 0 Å². The highest BCUT2D eigenvalue weighted by atomic mass is 35.5. The molecule has 0 aliphatic carbocycles. The smallest absolute Gasteiger partial charge is 0.313 e. The second kappa shape index (κ2) is 16.2. The maximum absolute atomic E-state index is 13.3. The Labute approximate surface area is 242 Å². The summed E-state index contributed by atoms with van der Waals surface area (Å²) in [6, 6.07) is 0. The van der Waals surface area contributed by atoms with Crippen LogP contribution in [0, 0.1) is 28.1 Å². The first-order chi connectivity index (χ1) is 17.6. The van der Waals surface area contributed by atoms with Gasteiger partial charge in [-0.2, -0.15) is 0 Å². The van der Waals surface area contributed by atoms with Gasteiger partial charge in [-0.25, -0.2) is 0 Å². The number of carbonyl (C=O) groups excluding carboxylic acids is 3. The highest BCUT2D eigenvalue weighted by Gasteiger charge is 2.38. The first-order valence-corrected chi connectivity index (χ1v) is 14.5. The lowest BCUT2D eigenvalue weighted by Crippen LogP contribution is -2.37. The van der Waals surface area contributed by atoms with E-state index in [-0.39, 0.29) is 48.7 Å². The minimum absolute atomic E-state index is 0.0424. The fourth-order valence-electron chi connectivity index (χ4n) is 3.25. The molecule has 0 aromatic carbocycles. The fraction of sp³-hybridized carbons (Fsp3) is 0.900. The normalized spacial score (nSPS) is 17.2. The second-order valence-electron chi connectivity index (χ2n) is 13.6. The van der Waals surface area contributed by atoms with Crippen molar-refractivity contribution >= 4 is 29.5 Å². The van der Waals surface area contributed by atoms with E-state index in [1.54, 1.807) is 41.5 Å². The first kappa shape index (κ1) is 37.6. The van der Waals surface area contributed by atoms with Gasteiger partial charge in [-0.05, 0) is 94.9 Å². The van der Waals surface area contributed by atoms with Gasteiger partial charge in [0, 0.05) is 11.8 Å². The molecule has 0 amide bonds. The van der Waals surface area contributed by atoms with Gasteiger partial charge in [-0.1, -0.05) is 32.4 Å². The number of ether oxygens (including phenoxy) is 5. The van der Waals surface area contributed by atoms with Crippen LogP contribution in [0.2, 0.25) is 0 Å². The van der Waals surface area contributed by atoms with Crippen molar-refractivity contribution < 1.29 is 38.1 Å². The lowest BCUT2D eigenvalue weighted by molar-refractivity contribution is -0.208. The van der Waals surface area contributed by atoms with Crippen molar-refractivity contribution in [3.63, 3.8) is 0 Å². The molecule has 5 atom stereocenters. The standard InChI is InChI=1S/C30H55ClO8/c1-19(2)23(31)38-27(34)30(13,17-15-22(6)35-18-36-25(32)28(7,8)9)16-14-21(5)24(37-20(3)4)39-26(33)29(10,11)12/h19-24H,14-18H2,1-13H3. The molecule has 5 unspecified atom stereocenters. The molecule has 0 saturated heterocycles. The Balaban J connectivity index is 5.48. The lowest BCUT2D eigenvalue weighted by atomic mass is 9.78. The molecule has 0 N–H and O–H groups in total. The Morgan fingerprint density at radius 2 is 1.23 bits per heavy atom. The molecule has 0 aliphatic rings. The van der Waals surface area contributed by atoms with E-state index in [0.717, 1.165) is 0 Å². The molecule has 0 saturated carbocycles. The number of hydrogen-bond donors (Lipinski definition) is 0. The maximum Gasteiger partial charge on any atom is 0.313 e. The van der Waals surface area contributed by atoms with E-state index in [1.807, 2.05) is 48.5 Å². The van der Waals surface area contributed by atoms with Crippen LogP contribution in [-0.4, -0.2) is 48.8 Å². The summed E-state index contributed by atoms with van der Waals surface area (Å²) in [6.45, 7) is 23.8. The molecular formula is C30H55ClO8. The third-order valence-electron chi connectivity index (χ3n) is 6.35. The van der Waals surface area contributed by atoms with Gasteiger partial charge in [-0.15, -0.1) is 0 Å².